The largest absolute Gasteiger partial charge is 0.497 e. The van der Waals surface area contributed by atoms with Gasteiger partial charge in [0.1, 0.15) is 5.75 Å². The van der Waals surface area contributed by atoms with Crippen LogP contribution in [0.15, 0.2) is 24.3 Å². The van der Waals surface area contributed by atoms with Crippen LogP contribution >= 0.6 is 12.4 Å². The van der Waals surface area contributed by atoms with Crippen LogP contribution in [0.4, 0.5) is 0 Å². The highest BCUT2D eigenvalue weighted by molar-refractivity contribution is 5.85. The SMILES string of the molecule is CNC1CCCN(C(=O)C2CCC(=O)N(C)C2c2ccc(OC)cc2)C1.Cl. The summed E-state index contributed by atoms with van der Waals surface area (Å²) in [4.78, 5) is 29.3. The van der Waals surface area contributed by atoms with E-state index in [9.17, 15) is 9.59 Å². The number of carbonyl (C=O) groups is 2. The van der Waals surface area contributed by atoms with E-state index in [4.69, 9.17) is 4.74 Å². The van der Waals surface area contributed by atoms with Crippen LogP contribution in [-0.2, 0) is 9.59 Å². The predicted molar refractivity (Wildman–Crippen MR) is 107 cm³/mol. The molecule has 27 heavy (non-hydrogen) atoms. The molecule has 0 radical (unpaired) electrons. The van der Waals surface area contributed by atoms with Crippen LogP contribution in [0.5, 0.6) is 5.75 Å². The topological polar surface area (TPSA) is 61.9 Å². The maximum Gasteiger partial charge on any atom is 0.228 e. The fourth-order valence-electron chi connectivity index (χ4n) is 4.20. The van der Waals surface area contributed by atoms with Gasteiger partial charge in [-0.3, -0.25) is 9.59 Å². The molecule has 2 aliphatic rings. The number of ether oxygens (including phenoxy) is 1. The zero-order chi connectivity index (χ0) is 18.7. The molecule has 0 saturated carbocycles. The van der Waals surface area contributed by atoms with E-state index in [1.807, 2.05) is 43.3 Å². The number of halogens is 1. The molecule has 2 aliphatic heterocycles. The summed E-state index contributed by atoms with van der Waals surface area (Å²) in [7, 11) is 5.39. The first-order valence-corrected chi connectivity index (χ1v) is 9.40. The molecule has 0 bridgehead atoms. The monoisotopic (exact) mass is 395 g/mol. The summed E-state index contributed by atoms with van der Waals surface area (Å²) >= 11 is 0. The molecular formula is C20H30ClN3O3. The molecule has 2 amide bonds. The number of hydrogen-bond donors (Lipinski definition) is 1. The number of nitrogens with zero attached hydrogens (tertiary/aromatic N) is 2. The molecule has 7 heteroatoms. The van der Waals surface area contributed by atoms with Gasteiger partial charge >= 0.3 is 0 Å². The first-order valence-electron chi connectivity index (χ1n) is 9.40. The Morgan fingerprint density at radius 3 is 2.56 bits per heavy atom. The number of piperidine rings is 2. The number of amides is 2. The maximum atomic E-state index is 13.3. The fraction of sp³-hybridized carbons (Fsp3) is 0.600. The van der Waals surface area contributed by atoms with E-state index in [2.05, 4.69) is 5.32 Å². The molecule has 1 aromatic carbocycles. The van der Waals surface area contributed by atoms with Crippen molar-refractivity contribution in [2.24, 2.45) is 5.92 Å². The summed E-state index contributed by atoms with van der Waals surface area (Å²) in [5, 5.41) is 3.29. The molecule has 0 aliphatic carbocycles. The smallest absolute Gasteiger partial charge is 0.228 e. The lowest BCUT2D eigenvalue weighted by molar-refractivity contribution is -0.147. The lowest BCUT2D eigenvalue weighted by atomic mass is 9.83. The Hall–Kier alpha value is -1.79. The predicted octanol–water partition coefficient (Wildman–Crippen LogP) is 2.24. The third-order valence-corrected chi connectivity index (χ3v) is 5.78. The van der Waals surface area contributed by atoms with Gasteiger partial charge < -0.3 is 19.9 Å². The van der Waals surface area contributed by atoms with E-state index in [0.717, 1.165) is 37.2 Å². The van der Waals surface area contributed by atoms with Gasteiger partial charge in [0.2, 0.25) is 11.8 Å². The minimum absolute atomic E-state index is 0. The van der Waals surface area contributed by atoms with Crippen molar-refractivity contribution in [3.8, 4) is 5.75 Å². The lowest BCUT2D eigenvalue weighted by Crippen LogP contribution is -2.52. The average Bonchev–Trinajstić information content (AvgIpc) is 2.69. The molecule has 3 rings (SSSR count). The Balaban J connectivity index is 0.00000261. The molecular weight excluding hydrogens is 366 g/mol. The van der Waals surface area contributed by atoms with Crippen molar-refractivity contribution in [1.82, 2.24) is 15.1 Å². The van der Waals surface area contributed by atoms with Gasteiger partial charge in [-0.25, -0.2) is 0 Å². The van der Waals surface area contributed by atoms with Gasteiger partial charge in [0, 0.05) is 32.6 Å². The molecule has 2 fully saturated rings. The van der Waals surface area contributed by atoms with Gasteiger partial charge in [0.25, 0.3) is 0 Å². The van der Waals surface area contributed by atoms with Crippen LogP contribution in [0, 0.1) is 5.92 Å². The number of nitrogens with one attached hydrogen (secondary N) is 1. The average molecular weight is 396 g/mol. The number of rotatable bonds is 4. The molecule has 3 atom stereocenters. The Kier molecular flexibility index (Phi) is 7.50. The van der Waals surface area contributed by atoms with Crippen molar-refractivity contribution in [1.29, 1.82) is 0 Å². The molecule has 3 unspecified atom stereocenters. The van der Waals surface area contributed by atoms with E-state index in [1.165, 1.54) is 0 Å². The molecule has 1 aromatic rings. The van der Waals surface area contributed by atoms with Crippen molar-refractivity contribution in [3.05, 3.63) is 29.8 Å². The van der Waals surface area contributed by atoms with E-state index in [-0.39, 0.29) is 36.2 Å². The normalized spacial score (nSPS) is 25.7. The highest BCUT2D eigenvalue weighted by Gasteiger charge is 2.41. The molecule has 0 aromatic heterocycles. The standard InChI is InChI=1S/C20H29N3O3.ClH/c1-21-15-5-4-12-23(13-15)20(25)17-10-11-18(24)22(2)19(17)14-6-8-16(26-3)9-7-14;/h6-9,15,17,19,21H,4-5,10-13H2,1-3H3;1H. The third kappa shape index (κ3) is 4.55. The van der Waals surface area contributed by atoms with E-state index >= 15 is 0 Å². The molecule has 150 valence electrons. The lowest BCUT2D eigenvalue weighted by Gasteiger charge is -2.42. The minimum atomic E-state index is -0.218. The van der Waals surface area contributed by atoms with Crippen molar-refractivity contribution >= 4 is 24.2 Å². The van der Waals surface area contributed by atoms with Crippen LogP contribution in [0.2, 0.25) is 0 Å². The van der Waals surface area contributed by atoms with Gasteiger partial charge in [-0.2, -0.15) is 0 Å². The van der Waals surface area contributed by atoms with E-state index in [1.54, 1.807) is 12.0 Å². The fourth-order valence-corrected chi connectivity index (χ4v) is 4.20. The number of hydrogen-bond acceptors (Lipinski definition) is 4. The summed E-state index contributed by atoms with van der Waals surface area (Å²) in [5.41, 5.74) is 0.988. The zero-order valence-electron chi connectivity index (χ0n) is 16.3. The van der Waals surface area contributed by atoms with Crippen LogP contribution in [-0.4, -0.2) is 62.0 Å². The first-order chi connectivity index (χ1) is 12.5. The highest BCUT2D eigenvalue weighted by Crippen LogP contribution is 2.37. The summed E-state index contributed by atoms with van der Waals surface area (Å²) in [5.74, 6) is 0.850. The molecule has 1 N–H and O–H groups in total. The van der Waals surface area contributed by atoms with Crippen molar-refractivity contribution in [2.75, 3.05) is 34.3 Å². The number of carbonyl (C=O) groups excluding carboxylic acids is 2. The van der Waals surface area contributed by atoms with E-state index < -0.39 is 0 Å². The Bertz CT molecular complexity index is 652. The number of likely N-dealkylation sites (N-methyl/N-ethyl adjacent to an activating group) is 1. The second-order valence-corrected chi connectivity index (χ2v) is 7.28. The number of benzene rings is 1. The minimum Gasteiger partial charge on any atom is -0.497 e. The Labute approximate surface area is 167 Å². The van der Waals surface area contributed by atoms with Gasteiger partial charge in [-0.1, -0.05) is 12.1 Å². The molecule has 0 spiro atoms. The van der Waals surface area contributed by atoms with Gasteiger partial charge in [0.05, 0.1) is 19.1 Å². The van der Waals surface area contributed by atoms with Crippen LogP contribution in [0.25, 0.3) is 0 Å². The van der Waals surface area contributed by atoms with Gasteiger partial charge in [-0.15, -0.1) is 12.4 Å². The number of likely N-dealkylation sites (tertiary alicyclic amines) is 2. The summed E-state index contributed by atoms with van der Waals surface area (Å²) in [6, 6.07) is 7.85. The van der Waals surface area contributed by atoms with Crippen LogP contribution in [0.3, 0.4) is 0 Å². The number of methoxy groups -OCH3 is 1. The molecule has 6 nitrogen and oxygen atoms in total. The van der Waals surface area contributed by atoms with E-state index in [0.29, 0.717) is 18.9 Å². The molecule has 2 heterocycles. The van der Waals surface area contributed by atoms with Crippen LogP contribution in [0.1, 0.15) is 37.3 Å². The van der Waals surface area contributed by atoms with Gasteiger partial charge in [0.15, 0.2) is 0 Å². The van der Waals surface area contributed by atoms with Crippen LogP contribution < -0.4 is 10.1 Å². The quantitative estimate of drug-likeness (QED) is 0.849. The zero-order valence-corrected chi connectivity index (χ0v) is 17.1. The summed E-state index contributed by atoms with van der Waals surface area (Å²) < 4.78 is 5.24. The first kappa shape index (κ1) is 21.5. The highest BCUT2D eigenvalue weighted by atomic mass is 35.5. The Morgan fingerprint density at radius 1 is 1.22 bits per heavy atom. The van der Waals surface area contributed by atoms with Crippen molar-refractivity contribution in [2.45, 2.75) is 37.8 Å². The maximum absolute atomic E-state index is 13.3. The second kappa shape index (κ2) is 9.42. The third-order valence-electron chi connectivity index (χ3n) is 5.78. The van der Waals surface area contributed by atoms with Gasteiger partial charge in [-0.05, 0) is 44.0 Å². The van der Waals surface area contributed by atoms with Crippen molar-refractivity contribution < 1.29 is 14.3 Å². The second-order valence-electron chi connectivity index (χ2n) is 7.28. The Morgan fingerprint density at radius 2 is 1.93 bits per heavy atom. The summed E-state index contributed by atoms with van der Waals surface area (Å²) in [6.07, 6.45) is 3.17. The summed E-state index contributed by atoms with van der Waals surface area (Å²) in [6.45, 7) is 1.55. The molecule has 2 saturated heterocycles. The van der Waals surface area contributed by atoms with Crippen molar-refractivity contribution in [3.63, 3.8) is 0 Å².